The molecule has 0 radical (unpaired) electrons. The molecule has 2 atom stereocenters. The van der Waals surface area contributed by atoms with Crippen LogP contribution in [-0.2, 0) is 20.6 Å². The van der Waals surface area contributed by atoms with E-state index in [1.165, 1.54) is 10.9 Å². The van der Waals surface area contributed by atoms with Gasteiger partial charge >= 0.3 is 6.18 Å². The maximum atomic E-state index is 14.0. The molecule has 3 aromatic rings. The van der Waals surface area contributed by atoms with E-state index in [9.17, 15) is 36.4 Å². The Morgan fingerprint density at radius 1 is 1.30 bits per heavy atom. The maximum Gasteiger partial charge on any atom is 0.393 e. The lowest BCUT2D eigenvalue weighted by Gasteiger charge is -2.36. The number of rotatable bonds is 6. The van der Waals surface area contributed by atoms with Gasteiger partial charge in [-0.1, -0.05) is 30.3 Å². The number of thioether (sulfide) groups is 1. The minimum Gasteiger partial charge on any atom is -0.273 e. The molecule has 0 bridgehead atoms. The molecular weight excluding hydrogens is 551 g/mol. The second-order valence-corrected chi connectivity index (χ2v) is 11.7. The molecule has 1 saturated heterocycles. The number of hydrogen-bond donors (Lipinski definition) is 0. The van der Waals surface area contributed by atoms with Crippen molar-refractivity contribution in [2.24, 2.45) is 5.92 Å². The Kier molecular flexibility index (Phi) is 7.45. The Balaban J connectivity index is 1.88. The molecule has 15 heteroatoms. The topological polar surface area (TPSA) is 126 Å². The molecule has 0 aliphatic carbocycles. The Bertz CT molecular complexity index is 1470. The predicted molar refractivity (Wildman–Crippen MR) is 128 cm³/mol. The van der Waals surface area contributed by atoms with E-state index in [4.69, 9.17) is 0 Å². The lowest BCUT2D eigenvalue weighted by Crippen LogP contribution is -2.50. The molecule has 37 heavy (non-hydrogen) atoms. The van der Waals surface area contributed by atoms with E-state index in [1.807, 2.05) is 0 Å². The minimum atomic E-state index is -4.89. The summed E-state index contributed by atoms with van der Waals surface area (Å²) in [5, 5.41) is 15.4. The normalized spacial score (nSPS) is 18.6. The number of nitrogens with zero attached hydrogens (tertiary/aromatic N) is 5. The van der Waals surface area contributed by atoms with Crippen molar-refractivity contribution in [3.63, 3.8) is 0 Å². The van der Waals surface area contributed by atoms with Crippen molar-refractivity contribution >= 4 is 44.9 Å². The van der Waals surface area contributed by atoms with Crippen LogP contribution >= 0.6 is 23.1 Å². The molecule has 2 aromatic heterocycles. The Hall–Kier alpha value is -3.22. The third-order valence-electron chi connectivity index (χ3n) is 5.72. The molecule has 1 aromatic carbocycles. The van der Waals surface area contributed by atoms with Crippen LogP contribution in [0.4, 0.5) is 13.2 Å². The molecule has 194 valence electrons. The zero-order valence-corrected chi connectivity index (χ0v) is 21.5. The molecule has 0 N–H and O–H groups in total. The van der Waals surface area contributed by atoms with Crippen LogP contribution in [-0.4, -0.2) is 58.3 Å². The third-order valence-corrected chi connectivity index (χ3v) is 8.59. The van der Waals surface area contributed by atoms with Crippen molar-refractivity contribution in [3.8, 4) is 6.07 Å². The van der Waals surface area contributed by atoms with Gasteiger partial charge in [0.15, 0.2) is 0 Å². The van der Waals surface area contributed by atoms with Gasteiger partial charge in [-0.15, -0.1) is 23.1 Å². The quantitative estimate of drug-likeness (QED) is 0.412. The van der Waals surface area contributed by atoms with Crippen molar-refractivity contribution < 1.29 is 31.2 Å². The van der Waals surface area contributed by atoms with E-state index in [0.717, 1.165) is 33.3 Å². The molecule has 1 fully saturated rings. The van der Waals surface area contributed by atoms with Crippen molar-refractivity contribution in [1.82, 2.24) is 19.1 Å². The zero-order valence-electron chi connectivity index (χ0n) is 19.0. The van der Waals surface area contributed by atoms with Crippen LogP contribution < -0.4 is 0 Å². The fourth-order valence-corrected chi connectivity index (χ4v) is 6.45. The SMILES string of the molecule is CS(=O)(=O)N1CCC(C(F)(F)F)C(c2nn(C(=O)c3cscn3)c(SCc3ccccc3)c2C#N)C1=O. The van der Waals surface area contributed by atoms with Crippen LogP contribution in [0.1, 0.15) is 39.6 Å². The number of halogens is 3. The molecule has 9 nitrogen and oxygen atoms in total. The van der Waals surface area contributed by atoms with Crippen molar-refractivity contribution in [1.29, 1.82) is 5.26 Å². The smallest absolute Gasteiger partial charge is 0.273 e. The second-order valence-electron chi connectivity index (χ2n) is 8.13. The van der Waals surface area contributed by atoms with Gasteiger partial charge in [-0.2, -0.15) is 28.2 Å². The van der Waals surface area contributed by atoms with E-state index in [1.54, 1.807) is 36.4 Å². The van der Waals surface area contributed by atoms with Gasteiger partial charge in [0.05, 0.1) is 29.3 Å². The van der Waals surface area contributed by atoms with Crippen LogP contribution in [0.3, 0.4) is 0 Å². The molecule has 1 aliphatic rings. The number of alkyl halides is 3. The van der Waals surface area contributed by atoms with Gasteiger partial charge in [0, 0.05) is 17.7 Å². The summed E-state index contributed by atoms with van der Waals surface area (Å²) in [6, 6.07) is 10.7. The van der Waals surface area contributed by atoms with Crippen LogP contribution in [0.15, 0.2) is 46.2 Å². The van der Waals surface area contributed by atoms with Gasteiger partial charge < -0.3 is 0 Å². The largest absolute Gasteiger partial charge is 0.393 e. The molecule has 1 amide bonds. The zero-order chi connectivity index (χ0) is 27.0. The summed E-state index contributed by atoms with van der Waals surface area (Å²) in [4.78, 5) is 30.3. The lowest BCUT2D eigenvalue weighted by molar-refractivity contribution is -0.192. The molecule has 4 rings (SSSR count). The van der Waals surface area contributed by atoms with Crippen molar-refractivity contribution in [3.05, 3.63) is 63.7 Å². The first-order chi connectivity index (χ1) is 17.4. The standard InChI is InChI=1S/C22H18F3N5O4S3/c1-37(33,34)29-8-7-15(22(23,24)25)17(20(29)32)18-14(9-26)21(36-10-13-5-3-2-4-6-13)30(28-18)19(31)16-11-35-12-27-16/h2-6,11-12,15,17H,7-8,10H2,1H3. The fraction of sp³-hybridized carbons (Fsp3) is 0.318. The first-order valence-electron chi connectivity index (χ1n) is 10.6. The number of carbonyl (C=O) groups is 2. The number of piperidine rings is 1. The van der Waals surface area contributed by atoms with Gasteiger partial charge in [0.25, 0.3) is 5.91 Å². The van der Waals surface area contributed by atoms with Crippen LogP contribution in [0, 0.1) is 17.2 Å². The first kappa shape index (κ1) is 26.8. The highest BCUT2D eigenvalue weighted by Crippen LogP contribution is 2.46. The van der Waals surface area contributed by atoms with Crippen molar-refractivity contribution in [2.75, 3.05) is 12.8 Å². The van der Waals surface area contributed by atoms with Crippen LogP contribution in [0.2, 0.25) is 0 Å². The van der Waals surface area contributed by atoms with Gasteiger partial charge in [-0.25, -0.2) is 17.7 Å². The van der Waals surface area contributed by atoms with E-state index in [2.05, 4.69) is 10.1 Å². The average Bonchev–Trinajstić information content (AvgIpc) is 3.49. The highest BCUT2D eigenvalue weighted by molar-refractivity contribution is 7.98. The van der Waals surface area contributed by atoms with Gasteiger partial charge in [0.1, 0.15) is 22.4 Å². The minimum absolute atomic E-state index is 0.0507. The number of aromatic nitrogens is 3. The number of amides is 1. The summed E-state index contributed by atoms with van der Waals surface area (Å²) >= 11 is 2.10. The summed E-state index contributed by atoms with van der Waals surface area (Å²) in [6.07, 6.45) is -4.89. The Morgan fingerprint density at radius 3 is 2.57 bits per heavy atom. The van der Waals surface area contributed by atoms with E-state index < -0.39 is 64.1 Å². The monoisotopic (exact) mass is 569 g/mol. The summed E-state index contributed by atoms with van der Waals surface area (Å²) < 4.78 is 67.6. The highest BCUT2D eigenvalue weighted by Gasteiger charge is 2.54. The number of nitriles is 1. The number of thiazole rings is 1. The maximum absolute atomic E-state index is 14.0. The molecule has 1 aliphatic heterocycles. The second kappa shape index (κ2) is 10.3. The van der Waals surface area contributed by atoms with Crippen molar-refractivity contribution in [2.45, 2.75) is 29.3 Å². The summed E-state index contributed by atoms with van der Waals surface area (Å²) in [6.45, 7) is -0.658. The molecule has 3 heterocycles. The van der Waals surface area contributed by atoms with Gasteiger partial charge in [0.2, 0.25) is 15.9 Å². The number of carbonyl (C=O) groups excluding carboxylic acids is 2. The number of sulfonamides is 1. The Labute approximate surface area is 218 Å². The predicted octanol–water partition coefficient (Wildman–Crippen LogP) is 3.65. The van der Waals surface area contributed by atoms with Crippen LogP contribution in [0.5, 0.6) is 0 Å². The van der Waals surface area contributed by atoms with E-state index in [0.29, 0.717) is 10.6 Å². The molecule has 0 spiro atoms. The first-order valence-corrected chi connectivity index (χ1v) is 14.4. The van der Waals surface area contributed by atoms with E-state index in [-0.39, 0.29) is 16.5 Å². The Morgan fingerprint density at radius 2 is 2.00 bits per heavy atom. The highest BCUT2D eigenvalue weighted by atomic mass is 32.2. The molecular formula is C22H18F3N5O4S3. The lowest BCUT2D eigenvalue weighted by atomic mass is 9.82. The summed E-state index contributed by atoms with van der Waals surface area (Å²) in [7, 11) is -4.19. The summed E-state index contributed by atoms with van der Waals surface area (Å²) in [5.74, 6) is -6.33. The molecule has 2 unspecified atom stereocenters. The third kappa shape index (κ3) is 5.41. The number of benzene rings is 1. The van der Waals surface area contributed by atoms with Gasteiger partial charge in [-0.3, -0.25) is 9.59 Å². The van der Waals surface area contributed by atoms with Gasteiger partial charge in [-0.05, 0) is 12.0 Å². The average molecular weight is 570 g/mol. The summed E-state index contributed by atoms with van der Waals surface area (Å²) in [5.41, 5.74) is 1.14. The fourth-order valence-electron chi connectivity index (χ4n) is 4.01. The van der Waals surface area contributed by atoms with Crippen LogP contribution in [0.25, 0.3) is 0 Å². The number of hydrogen-bond acceptors (Lipinski definition) is 9. The van der Waals surface area contributed by atoms with E-state index >= 15 is 0 Å². The molecule has 0 saturated carbocycles.